The maximum atomic E-state index is 12.2. The minimum atomic E-state index is -3.34. The van der Waals surface area contributed by atoms with Gasteiger partial charge in [0.1, 0.15) is 17.7 Å². The topological polar surface area (TPSA) is 107 Å². The second-order valence-electron chi connectivity index (χ2n) is 4.76. The zero-order chi connectivity index (χ0) is 16.9. The van der Waals surface area contributed by atoms with Crippen molar-refractivity contribution in [1.82, 2.24) is 4.98 Å². The second-order valence-corrected chi connectivity index (χ2v) is 8.07. The molecule has 6 nitrogen and oxygen atoms in total. The minimum absolute atomic E-state index is 0.0442. The van der Waals surface area contributed by atoms with Crippen molar-refractivity contribution >= 4 is 37.1 Å². The predicted octanol–water partition coefficient (Wildman–Crippen LogP) is 3.21. The molecule has 23 heavy (non-hydrogen) atoms. The van der Waals surface area contributed by atoms with Gasteiger partial charge in [0.25, 0.3) is 0 Å². The molecule has 1 heterocycles. The molecule has 1 N–H and O–H groups in total. The summed E-state index contributed by atoms with van der Waals surface area (Å²) < 4.78 is 25.2. The number of sulfone groups is 1. The van der Waals surface area contributed by atoms with Gasteiger partial charge in [-0.1, -0.05) is 13.3 Å². The predicted molar refractivity (Wildman–Crippen MR) is 89.5 cm³/mol. The maximum Gasteiger partial charge on any atom is 0.210 e. The molecule has 0 aliphatic heterocycles. The number of nitrogens with one attached hydrogen (secondary N) is 1. The molecule has 2 aromatic rings. The molecule has 118 valence electrons. The molecular weight excluding hydrogens is 332 g/mol. The first-order valence-corrected chi connectivity index (χ1v) is 9.37. The van der Waals surface area contributed by atoms with E-state index in [4.69, 9.17) is 10.5 Å². The van der Waals surface area contributed by atoms with Crippen LogP contribution < -0.4 is 5.32 Å². The van der Waals surface area contributed by atoms with Crippen molar-refractivity contribution in [3.05, 3.63) is 30.0 Å². The highest BCUT2D eigenvalue weighted by atomic mass is 32.2. The van der Waals surface area contributed by atoms with Crippen molar-refractivity contribution in [3.8, 4) is 12.1 Å². The van der Waals surface area contributed by atoms with Gasteiger partial charge in [0.05, 0.1) is 16.0 Å². The maximum absolute atomic E-state index is 12.2. The first-order valence-electron chi connectivity index (χ1n) is 6.90. The molecule has 0 fully saturated rings. The normalized spacial score (nSPS) is 10.7. The van der Waals surface area contributed by atoms with Gasteiger partial charge in [0.2, 0.25) is 14.2 Å². The Hall–Kier alpha value is -2.42. The molecule has 1 aromatic carbocycles. The van der Waals surface area contributed by atoms with Crippen LogP contribution in [0.25, 0.3) is 10.2 Å². The van der Waals surface area contributed by atoms with Gasteiger partial charge in [-0.15, -0.1) is 11.3 Å². The number of thiazole rings is 1. The van der Waals surface area contributed by atoms with Crippen LogP contribution >= 0.6 is 11.3 Å². The Balaban J connectivity index is 2.30. The van der Waals surface area contributed by atoms with Crippen LogP contribution in [-0.4, -0.2) is 19.2 Å². The van der Waals surface area contributed by atoms with Crippen molar-refractivity contribution in [3.63, 3.8) is 0 Å². The average molecular weight is 346 g/mol. The third-order valence-corrected chi connectivity index (χ3v) is 6.30. The molecule has 0 unspecified atom stereocenters. The molecule has 1 aromatic heterocycles. The van der Waals surface area contributed by atoms with E-state index in [1.165, 1.54) is 6.20 Å². The van der Waals surface area contributed by atoms with Crippen LogP contribution in [0.15, 0.2) is 34.3 Å². The number of unbranched alkanes of at least 4 members (excludes halogenated alkanes) is 1. The van der Waals surface area contributed by atoms with Gasteiger partial charge in [-0.25, -0.2) is 13.4 Å². The van der Waals surface area contributed by atoms with Crippen molar-refractivity contribution in [2.75, 3.05) is 11.1 Å². The highest BCUT2D eigenvalue weighted by molar-refractivity contribution is 7.93. The number of aromatic nitrogens is 1. The summed E-state index contributed by atoms with van der Waals surface area (Å²) in [5, 5.41) is 20.2. The summed E-state index contributed by atoms with van der Waals surface area (Å²) >= 11 is 1.12. The summed E-state index contributed by atoms with van der Waals surface area (Å²) in [6, 6.07) is 8.67. The fraction of sp³-hybridized carbons (Fsp3) is 0.267. The van der Waals surface area contributed by atoms with E-state index in [0.717, 1.165) is 22.5 Å². The summed E-state index contributed by atoms with van der Waals surface area (Å²) in [6.45, 7) is 1.94. The van der Waals surface area contributed by atoms with Crippen molar-refractivity contribution in [2.24, 2.45) is 0 Å². The molecular formula is C15H14N4O2S2. The third kappa shape index (κ3) is 4.07. The minimum Gasteiger partial charge on any atom is -0.360 e. The molecule has 0 bridgehead atoms. The van der Waals surface area contributed by atoms with Crippen molar-refractivity contribution < 1.29 is 8.42 Å². The zero-order valence-electron chi connectivity index (χ0n) is 12.4. The number of rotatable bonds is 6. The van der Waals surface area contributed by atoms with E-state index >= 15 is 0 Å². The van der Waals surface area contributed by atoms with Gasteiger partial charge in [-0.05, 0) is 24.6 Å². The molecule has 0 saturated carbocycles. The fourth-order valence-corrected chi connectivity index (χ4v) is 4.64. The molecule has 0 atom stereocenters. The molecule has 0 amide bonds. The van der Waals surface area contributed by atoms with Gasteiger partial charge < -0.3 is 5.32 Å². The Morgan fingerprint density at radius 3 is 2.78 bits per heavy atom. The summed E-state index contributed by atoms with van der Waals surface area (Å²) in [5.41, 5.74) is 1.22. The number of hydrogen-bond acceptors (Lipinski definition) is 7. The lowest BCUT2D eigenvalue weighted by molar-refractivity contribution is 0.592. The summed E-state index contributed by atoms with van der Waals surface area (Å²) in [5.74, 6) is 0.102. The zero-order valence-corrected chi connectivity index (χ0v) is 14.0. The quantitative estimate of drug-likeness (QED) is 0.805. The van der Waals surface area contributed by atoms with Gasteiger partial charge in [-0.3, -0.25) is 0 Å². The molecule has 8 heteroatoms. The highest BCUT2D eigenvalue weighted by Crippen LogP contribution is 2.29. The van der Waals surface area contributed by atoms with Crippen LogP contribution in [0.2, 0.25) is 0 Å². The van der Waals surface area contributed by atoms with Crippen LogP contribution in [0, 0.1) is 22.7 Å². The Morgan fingerprint density at radius 2 is 2.13 bits per heavy atom. The monoisotopic (exact) mass is 346 g/mol. The second kappa shape index (κ2) is 7.23. The van der Waals surface area contributed by atoms with Gasteiger partial charge in [0, 0.05) is 11.9 Å². The number of nitriles is 2. The highest BCUT2D eigenvalue weighted by Gasteiger charge is 2.19. The summed E-state index contributed by atoms with van der Waals surface area (Å²) in [7, 11) is -3.34. The van der Waals surface area contributed by atoms with E-state index < -0.39 is 9.84 Å². The smallest absolute Gasteiger partial charge is 0.210 e. The van der Waals surface area contributed by atoms with Gasteiger partial charge in [-0.2, -0.15) is 10.5 Å². The lowest BCUT2D eigenvalue weighted by Crippen LogP contribution is -2.05. The van der Waals surface area contributed by atoms with Crippen LogP contribution in [0.3, 0.4) is 0 Å². The average Bonchev–Trinajstić information content (AvgIpc) is 2.98. The fourth-order valence-electron chi connectivity index (χ4n) is 1.79. The number of allylic oxidation sites excluding steroid dienone is 1. The van der Waals surface area contributed by atoms with Crippen LogP contribution in [0.5, 0.6) is 0 Å². The SMILES string of the molecule is CCCCS(=O)(=O)c1nc2ccc(NC=C(C#N)C#N)cc2s1. The van der Waals surface area contributed by atoms with E-state index in [0.29, 0.717) is 17.6 Å². The van der Waals surface area contributed by atoms with Crippen LogP contribution in [-0.2, 0) is 9.84 Å². The summed E-state index contributed by atoms with van der Waals surface area (Å²) in [6.07, 6.45) is 2.73. The standard InChI is InChI=1S/C15H14N4O2S2/c1-2-3-6-23(20,21)15-19-13-5-4-12(7-14(13)22-15)18-10-11(8-16)9-17/h4-5,7,10,18H,2-3,6H2,1H3. The van der Waals surface area contributed by atoms with Crippen molar-refractivity contribution in [1.29, 1.82) is 10.5 Å². The molecule has 0 aliphatic rings. The number of hydrogen-bond donors (Lipinski definition) is 1. The van der Waals surface area contributed by atoms with E-state index in [1.807, 2.05) is 6.92 Å². The Bertz CT molecular complexity index is 915. The Labute approximate surface area is 138 Å². The number of fused-ring (bicyclic) bond motifs is 1. The summed E-state index contributed by atoms with van der Waals surface area (Å²) in [4.78, 5) is 4.19. The Morgan fingerprint density at radius 1 is 1.39 bits per heavy atom. The van der Waals surface area contributed by atoms with Gasteiger partial charge >= 0.3 is 0 Å². The largest absolute Gasteiger partial charge is 0.360 e. The van der Waals surface area contributed by atoms with Crippen LogP contribution in [0.1, 0.15) is 19.8 Å². The van der Waals surface area contributed by atoms with E-state index in [9.17, 15) is 8.42 Å². The first-order chi connectivity index (χ1) is 11.0. The lowest BCUT2D eigenvalue weighted by atomic mass is 10.3. The number of anilines is 1. The molecule has 0 radical (unpaired) electrons. The molecule has 0 saturated heterocycles. The molecule has 0 spiro atoms. The van der Waals surface area contributed by atoms with Gasteiger partial charge in [0.15, 0.2) is 0 Å². The Kier molecular flexibility index (Phi) is 5.32. The lowest BCUT2D eigenvalue weighted by Gasteiger charge is -1.99. The van der Waals surface area contributed by atoms with E-state index in [-0.39, 0.29) is 15.7 Å². The first kappa shape index (κ1) is 16.9. The van der Waals surface area contributed by atoms with E-state index in [1.54, 1.807) is 30.3 Å². The van der Waals surface area contributed by atoms with Crippen molar-refractivity contribution in [2.45, 2.75) is 24.1 Å². The number of benzene rings is 1. The number of nitrogens with zero attached hydrogens (tertiary/aromatic N) is 3. The van der Waals surface area contributed by atoms with Crippen LogP contribution in [0.4, 0.5) is 5.69 Å². The molecule has 0 aliphatic carbocycles. The van der Waals surface area contributed by atoms with E-state index in [2.05, 4.69) is 10.3 Å². The molecule has 2 rings (SSSR count). The third-order valence-electron chi connectivity index (χ3n) is 3.03.